The largest absolute Gasteiger partial charge is 0.395 e. The third-order valence-electron chi connectivity index (χ3n) is 3.24. The summed E-state index contributed by atoms with van der Waals surface area (Å²) in [6.45, 7) is 1.15. The van der Waals surface area contributed by atoms with E-state index in [1.165, 1.54) is 0 Å². The van der Waals surface area contributed by atoms with Crippen LogP contribution in [0.2, 0.25) is 10.0 Å². The molecule has 0 saturated carbocycles. The topological polar surface area (TPSA) is 52.6 Å². The average Bonchev–Trinajstić information content (AvgIpc) is 2.51. The lowest BCUT2D eigenvalue weighted by Crippen LogP contribution is -2.34. The van der Waals surface area contributed by atoms with Crippen molar-refractivity contribution < 1.29 is 9.90 Å². The van der Waals surface area contributed by atoms with Gasteiger partial charge in [-0.25, -0.2) is 0 Å². The maximum atomic E-state index is 12.2. The molecule has 0 saturated heterocycles. The molecule has 0 heterocycles. The molecule has 23 heavy (non-hydrogen) atoms. The predicted octanol–water partition coefficient (Wildman–Crippen LogP) is 3.43. The molecule has 0 radical (unpaired) electrons. The van der Waals surface area contributed by atoms with E-state index in [0.29, 0.717) is 28.8 Å². The molecule has 2 aromatic carbocycles. The number of aliphatic hydroxyl groups excluding tert-OH is 1. The molecule has 6 heteroatoms. The minimum absolute atomic E-state index is 0.0121. The molecule has 4 nitrogen and oxygen atoms in total. The van der Waals surface area contributed by atoms with E-state index in [1.54, 1.807) is 18.2 Å². The van der Waals surface area contributed by atoms with Gasteiger partial charge in [0.25, 0.3) is 0 Å². The van der Waals surface area contributed by atoms with Crippen LogP contribution in [0.4, 0.5) is 5.69 Å². The van der Waals surface area contributed by atoms with Gasteiger partial charge < -0.3 is 10.4 Å². The van der Waals surface area contributed by atoms with Gasteiger partial charge >= 0.3 is 0 Å². The molecule has 0 bridgehead atoms. The van der Waals surface area contributed by atoms with Crippen molar-refractivity contribution >= 4 is 34.8 Å². The molecular weight excluding hydrogens is 335 g/mol. The highest BCUT2D eigenvalue weighted by atomic mass is 35.5. The van der Waals surface area contributed by atoms with Crippen molar-refractivity contribution in [3.63, 3.8) is 0 Å². The molecule has 122 valence electrons. The van der Waals surface area contributed by atoms with Gasteiger partial charge in [-0.15, -0.1) is 0 Å². The number of halogens is 2. The lowest BCUT2D eigenvalue weighted by molar-refractivity contribution is -0.117. The van der Waals surface area contributed by atoms with Crippen LogP contribution < -0.4 is 5.32 Å². The highest BCUT2D eigenvalue weighted by molar-refractivity contribution is 6.36. The monoisotopic (exact) mass is 352 g/mol. The number of carbonyl (C=O) groups is 1. The number of anilines is 1. The molecule has 0 aliphatic rings. The van der Waals surface area contributed by atoms with Crippen molar-refractivity contribution in [1.29, 1.82) is 0 Å². The number of nitrogens with one attached hydrogen (secondary N) is 1. The Hall–Kier alpha value is -1.59. The molecule has 2 N–H and O–H groups in total. The highest BCUT2D eigenvalue weighted by Crippen LogP contribution is 2.25. The molecular formula is C17H18Cl2N2O2. The fraction of sp³-hybridized carbons (Fsp3) is 0.235. The summed E-state index contributed by atoms with van der Waals surface area (Å²) in [5.74, 6) is -0.196. The number of carbonyl (C=O) groups excluding carboxylic acids is 1. The Morgan fingerprint density at radius 3 is 2.52 bits per heavy atom. The third kappa shape index (κ3) is 5.84. The highest BCUT2D eigenvalue weighted by Gasteiger charge is 2.12. The van der Waals surface area contributed by atoms with Crippen molar-refractivity contribution in [2.45, 2.75) is 6.54 Å². The number of hydrogen-bond donors (Lipinski definition) is 2. The molecule has 0 aliphatic heterocycles. The molecule has 1 amide bonds. The third-order valence-corrected chi connectivity index (χ3v) is 3.79. The van der Waals surface area contributed by atoms with E-state index < -0.39 is 0 Å². The number of nitrogens with zero attached hydrogens (tertiary/aromatic N) is 1. The van der Waals surface area contributed by atoms with Crippen molar-refractivity contribution in [1.82, 2.24) is 4.90 Å². The summed E-state index contributed by atoms with van der Waals surface area (Å²) in [7, 11) is 0. The SMILES string of the molecule is O=C(CN(CCO)Cc1ccccc1)Nc1ccc(Cl)cc1Cl. The molecule has 0 atom stereocenters. The standard InChI is InChI=1S/C17H18Cl2N2O2/c18-14-6-7-16(15(19)10-14)20-17(23)12-21(8-9-22)11-13-4-2-1-3-5-13/h1-7,10,22H,8-9,11-12H2,(H,20,23). The fourth-order valence-corrected chi connectivity index (χ4v) is 2.64. The van der Waals surface area contributed by atoms with E-state index in [4.69, 9.17) is 23.2 Å². The Bertz CT molecular complexity index is 650. The lowest BCUT2D eigenvalue weighted by atomic mass is 10.2. The van der Waals surface area contributed by atoms with E-state index >= 15 is 0 Å². The molecule has 0 unspecified atom stereocenters. The lowest BCUT2D eigenvalue weighted by Gasteiger charge is -2.21. The van der Waals surface area contributed by atoms with E-state index in [1.807, 2.05) is 35.2 Å². The first-order valence-corrected chi connectivity index (χ1v) is 7.96. The van der Waals surface area contributed by atoms with E-state index in [0.717, 1.165) is 5.56 Å². The zero-order chi connectivity index (χ0) is 16.7. The quantitative estimate of drug-likeness (QED) is 0.802. The van der Waals surface area contributed by atoms with Crippen LogP contribution in [0.1, 0.15) is 5.56 Å². The minimum atomic E-state index is -0.196. The molecule has 2 rings (SSSR count). The van der Waals surface area contributed by atoms with E-state index in [-0.39, 0.29) is 19.1 Å². The molecule has 0 aliphatic carbocycles. The second kappa shape index (κ2) is 8.89. The summed E-state index contributed by atoms with van der Waals surface area (Å²) >= 11 is 11.9. The summed E-state index contributed by atoms with van der Waals surface area (Å²) in [6, 6.07) is 14.7. The van der Waals surface area contributed by atoms with Crippen LogP contribution in [0.5, 0.6) is 0 Å². The molecule has 0 spiro atoms. The first-order chi connectivity index (χ1) is 11.1. The Kier molecular flexibility index (Phi) is 6.86. The van der Waals surface area contributed by atoms with Crippen molar-refractivity contribution in [2.75, 3.05) is 25.0 Å². The van der Waals surface area contributed by atoms with Crippen LogP contribution in [0, 0.1) is 0 Å². The maximum Gasteiger partial charge on any atom is 0.238 e. The van der Waals surface area contributed by atoms with Crippen molar-refractivity contribution in [3.05, 3.63) is 64.1 Å². The Morgan fingerprint density at radius 1 is 1.13 bits per heavy atom. The molecule has 2 aromatic rings. The number of hydrogen-bond acceptors (Lipinski definition) is 3. The average molecular weight is 353 g/mol. The molecule has 0 aromatic heterocycles. The van der Waals surface area contributed by atoms with Crippen LogP contribution in [0.3, 0.4) is 0 Å². The normalized spacial score (nSPS) is 10.8. The molecule has 0 fully saturated rings. The van der Waals surface area contributed by atoms with Crippen LogP contribution in [0.25, 0.3) is 0 Å². The first-order valence-electron chi connectivity index (χ1n) is 7.20. The summed E-state index contributed by atoms with van der Waals surface area (Å²) < 4.78 is 0. The summed E-state index contributed by atoms with van der Waals surface area (Å²) in [6.07, 6.45) is 0. The van der Waals surface area contributed by atoms with Gasteiger partial charge in [0.15, 0.2) is 0 Å². The Balaban J connectivity index is 1.97. The van der Waals surface area contributed by atoms with Gasteiger partial charge in [-0.2, -0.15) is 0 Å². The van der Waals surface area contributed by atoms with Crippen molar-refractivity contribution in [2.24, 2.45) is 0 Å². The fourth-order valence-electron chi connectivity index (χ4n) is 2.18. The van der Waals surface area contributed by atoms with E-state index in [2.05, 4.69) is 5.32 Å². The Labute approximate surface area is 145 Å². The van der Waals surface area contributed by atoms with Crippen LogP contribution in [-0.2, 0) is 11.3 Å². The van der Waals surface area contributed by atoms with Gasteiger partial charge in [0.05, 0.1) is 23.9 Å². The number of amides is 1. The maximum absolute atomic E-state index is 12.2. The van der Waals surface area contributed by atoms with Crippen LogP contribution >= 0.6 is 23.2 Å². The van der Waals surface area contributed by atoms with Gasteiger partial charge in [-0.3, -0.25) is 9.69 Å². The summed E-state index contributed by atoms with van der Waals surface area (Å²) in [4.78, 5) is 14.1. The van der Waals surface area contributed by atoms with Crippen molar-refractivity contribution in [3.8, 4) is 0 Å². The van der Waals surface area contributed by atoms with Gasteiger partial charge in [0.1, 0.15) is 0 Å². The van der Waals surface area contributed by atoms with Gasteiger partial charge in [-0.05, 0) is 23.8 Å². The van der Waals surface area contributed by atoms with E-state index in [9.17, 15) is 9.90 Å². The first kappa shape index (κ1) is 17.8. The number of aliphatic hydroxyl groups is 1. The van der Waals surface area contributed by atoms with Gasteiger partial charge in [0, 0.05) is 18.1 Å². The van der Waals surface area contributed by atoms with Crippen LogP contribution in [-0.4, -0.2) is 35.6 Å². The van der Waals surface area contributed by atoms with Crippen LogP contribution in [0.15, 0.2) is 48.5 Å². The number of benzene rings is 2. The minimum Gasteiger partial charge on any atom is -0.395 e. The zero-order valence-electron chi connectivity index (χ0n) is 12.5. The van der Waals surface area contributed by atoms with Gasteiger partial charge in [-0.1, -0.05) is 53.5 Å². The summed E-state index contributed by atoms with van der Waals surface area (Å²) in [5.41, 5.74) is 1.60. The Morgan fingerprint density at radius 2 is 1.87 bits per heavy atom. The zero-order valence-corrected chi connectivity index (χ0v) is 14.0. The second-order valence-electron chi connectivity index (χ2n) is 5.09. The predicted molar refractivity (Wildman–Crippen MR) is 93.9 cm³/mol. The smallest absolute Gasteiger partial charge is 0.238 e. The van der Waals surface area contributed by atoms with Gasteiger partial charge in [0.2, 0.25) is 5.91 Å². The number of rotatable bonds is 7. The second-order valence-corrected chi connectivity index (χ2v) is 5.94. The summed E-state index contributed by atoms with van der Waals surface area (Å²) in [5, 5.41) is 12.8.